The molecule has 1 aliphatic heterocycles. The first-order chi connectivity index (χ1) is 6.81. The molecule has 0 saturated carbocycles. The number of hydrogen-bond acceptors (Lipinski definition) is 2. The van der Waals surface area contributed by atoms with Crippen LogP contribution in [0, 0.1) is 0 Å². The molecule has 0 atom stereocenters. The summed E-state index contributed by atoms with van der Waals surface area (Å²) in [4.78, 5) is 4.14. The van der Waals surface area contributed by atoms with Crippen LogP contribution in [0.4, 0.5) is 5.69 Å². The summed E-state index contributed by atoms with van der Waals surface area (Å²) >= 11 is 0. The zero-order valence-corrected chi connectivity index (χ0v) is 8.52. The molecule has 0 spiro atoms. The SMILES string of the molecule is N[N+]1(c2cccnc2)CCCCCC1. The van der Waals surface area contributed by atoms with Gasteiger partial charge in [-0.25, -0.2) is 4.59 Å². The average molecular weight is 192 g/mol. The highest BCUT2D eigenvalue weighted by molar-refractivity contribution is 5.38. The maximum Gasteiger partial charge on any atom is 0.170 e. The van der Waals surface area contributed by atoms with Crippen LogP contribution >= 0.6 is 0 Å². The molecule has 0 unspecified atom stereocenters. The van der Waals surface area contributed by atoms with E-state index < -0.39 is 0 Å². The summed E-state index contributed by atoms with van der Waals surface area (Å²) < 4.78 is 0.577. The number of nitrogens with zero attached hydrogens (tertiary/aromatic N) is 2. The number of nitrogens with two attached hydrogens (primary N) is 1. The van der Waals surface area contributed by atoms with Crippen LogP contribution in [-0.2, 0) is 0 Å². The molecule has 0 aliphatic carbocycles. The molecule has 2 heterocycles. The highest BCUT2D eigenvalue weighted by Crippen LogP contribution is 2.22. The lowest BCUT2D eigenvalue weighted by atomic mass is 10.2. The third-order valence-electron chi connectivity index (χ3n) is 3.02. The molecule has 1 saturated heterocycles. The van der Waals surface area contributed by atoms with E-state index in [-0.39, 0.29) is 0 Å². The summed E-state index contributed by atoms with van der Waals surface area (Å²) in [6, 6.07) is 4.05. The third kappa shape index (κ3) is 1.94. The van der Waals surface area contributed by atoms with E-state index in [2.05, 4.69) is 11.1 Å². The first-order valence-corrected chi connectivity index (χ1v) is 5.37. The Morgan fingerprint density at radius 2 is 1.86 bits per heavy atom. The number of rotatable bonds is 1. The maximum absolute atomic E-state index is 6.38. The van der Waals surface area contributed by atoms with Crippen molar-refractivity contribution in [1.82, 2.24) is 9.58 Å². The highest BCUT2D eigenvalue weighted by atomic mass is 15.6. The minimum absolute atomic E-state index is 0.577. The van der Waals surface area contributed by atoms with Crippen molar-refractivity contribution in [3.8, 4) is 0 Å². The van der Waals surface area contributed by atoms with Crippen LogP contribution in [-0.4, -0.2) is 18.1 Å². The summed E-state index contributed by atoms with van der Waals surface area (Å²) in [6.07, 6.45) is 8.78. The quantitative estimate of drug-likeness (QED) is 0.544. The Morgan fingerprint density at radius 1 is 1.14 bits per heavy atom. The van der Waals surface area contributed by atoms with E-state index in [4.69, 9.17) is 5.84 Å². The van der Waals surface area contributed by atoms with Crippen LogP contribution in [0.5, 0.6) is 0 Å². The normalized spacial score (nSPS) is 21.5. The van der Waals surface area contributed by atoms with Crippen LogP contribution in [0.15, 0.2) is 24.5 Å². The second-order valence-corrected chi connectivity index (χ2v) is 4.11. The van der Waals surface area contributed by atoms with Gasteiger partial charge in [0, 0.05) is 12.3 Å². The number of quaternary nitrogens is 1. The second-order valence-electron chi connectivity index (χ2n) is 4.11. The monoisotopic (exact) mass is 192 g/mol. The molecule has 1 aromatic heterocycles. The van der Waals surface area contributed by atoms with E-state index in [1.165, 1.54) is 25.7 Å². The fourth-order valence-electron chi connectivity index (χ4n) is 2.13. The molecule has 76 valence electrons. The first kappa shape index (κ1) is 9.62. The minimum Gasteiger partial charge on any atom is -0.258 e. The van der Waals surface area contributed by atoms with Crippen LogP contribution in [0.3, 0.4) is 0 Å². The Labute approximate surface area is 85.1 Å². The van der Waals surface area contributed by atoms with E-state index >= 15 is 0 Å². The first-order valence-electron chi connectivity index (χ1n) is 5.37. The fraction of sp³-hybridized carbons (Fsp3) is 0.545. The van der Waals surface area contributed by atoms with Gasteiger partial charge in [0.1, 0.15) is 13.1 Å². The molecule has 0 amide bonds. The third-order valence-corrected chi connectivity index (χ3v) is 3.02. The van der Waals surface area contributed by atoms with E-state index in [0.717, 1.165) is 18.8 Å². The largest absolute Gasteiger partial charge is 0.258 e. The van der Waals surface area contributed by atoms with Gasteiger partial charge in [0.05, 0.1) is 6.20 Å². The van der Waals surface area contributed by atoms with Crippen molar-refractivity contribution in [2.45, 2.75) is 25.7 Å². The van der Waals surface area contributed by atoms with E-state index in [0.29, 0.717) is 4.59 Å². The maximum atomic E-state index is 6.38. The molecule has 0 aromatic carbocycles. The van der Waals surface area contributed by atoms with Crippen molar-refractivity contribution in [2.75, 3.05) is 13.1 Å². The summed E-state index contributed by atoms with van der Waals surface area (Å²) in [5.74, 6) is 6.38. The van der Waals surface area contributed by atoms with E-state index in [1.54, 1.807) is 6.20 Å². The summed E-state index contributed by atoms with van der Waals surface area (Å²) in [6.45, 7) is 2.09. The molecule has 14 heavy (non-hydrogen) atoms. The predicted molar refractivity (Wildman–Crippen MR) is 58.4 cm³/mol. The molecular formula is C11H18N3+. The summed E-state index contributed by atoms with van der Waals surface area (Å²) in [7, 11) is 0. The van der Waals surface area contributed by atoms with Crippen molar-refractivity contribution < 1.29 is 0 Å². The van der Waals surface area contributed by atoms with Gasteiger partial charge in [-0.3, -0.25) is 4.98 Å². The van der Waals surface area contributed by atoms with Gasteiger partial charge >= 0.3 is 0 Å². The molecule has 2 rings (SSSR count). The lowest BCUT2D eigenvalue weighted by molar-refractivity contribution is 0.291. The van der Waals surface area contributed by atoms with Crippen molar-refractivity contribution in [3.05, 3.63) is 24.5 Å². The second kappa shape index (κ2) is 4.07. The minimum atomic E-state index is 0.577. The smallest absolute Gasteiger partial charge is 0.170 e. The molecule has 0 radical (unpaired) electrons. The Balaban J connectivity index is 2.21. The van der Waals surface area contributed by atoms with Gasteiger partial charge in [0.25, 0.3) is 0 Å². The molecule has 1 fully saturated rings. The molecule has 2 N–H and O–H groups in total. The van der Waals surface area contributed by atoms with E-state index in [1.807, 2.05) is 12.3 Å². The highest BCUT2D eigenvalue weighted by Gasteiger charge is 2.27. The Morgan fingerprint density at radius 3 is 2.43 bits per heavy atom. The van der Waals surface area contributed by atoms with Gasteiger partial charge in [-0.05, 0) is 31.7 Å². The fourth-order valence-corrected chi connectivity index (χ4v) is 2.13. The number of pyridine rings is 1. The molecule has 0 bridgehead atoms. The lowest BCUT2D eigenvalue weighted by Crippen LogP contribution is -2.56. The lowest BCUT2D eigenvalue weighted by Gasteiger charge is -2.30. The Kier molecular flexibility index (Phi) is 2.79. The van der Waals surface area contributed by atoms with Crippen molar-refractivity contribution in [1.29, 1.82) is 0 Å². The van der Waals surface area contributed by atoms with Gasteiger partial charge < -0.3 is 0 Å². The Hall–Kier alpha value is -0.930. The van der Waals surface area contributed by atoms with Gasteiger partial charge in [0.2, 0.25) is 0 Å². The molecule has 3 nitrogen and oxygen atoms in total. The number of hydrogen-bond donors (Lipinski definition) is 1. The topological polar surface area (TPSA) is 38.9 Å². The summed E-state index contributed by atoms with van der Waals surface area (Å²) in [5.41, 5.74) is 1.15. The molecule has 1 aliphatic rings. The zero-order valence-electron chi connectivity index (χ0n) is 8.52. The van der Waals surface area contributed by atoms with Crippen molar-refractivity contribution in [2.24, 2.45) is 5.84 Å². The average Bonchev–Trinajstić information content (AvgIpc) is 2.46. The van der Waals surface area contributed by atoms with Gasteiger partial charge in [-0.15, -0.1) is 0 Å². The Bertz CT molecular complexity index is 276. The van der Waals surface area contributed by atoms with Crippen LogP contribution in [0.2, 0.25) is 0 Å². The van der Waals surface area contributed by atoms with Crippen LogP contribution < -0.4 is 10.4 Å². The molecule has 3 heteroatoms. The van der Waals surface area contributed by atoms with Gasteiger partial charge in [0.15, 0.2) is 5.69 Å². The van der Waals surface area contributed by atoms with E-state index in [9.17, 15) is 0 Å². The predicted octanol–water partition coefficient (Wildman–Crippen LogP) is 1.84. The van der Waals surface area contributed by atoms with Crippen molar-refractivity contribution >= 4 is 5.69 Å². The molecule has 1 aromatic rings. The van der Waals surface area contributed by atoms with Crippen LogP contribution in [0.25, 0.3) is 0 Å². The zero-order chi connectivity index (χ0) is 9.86. The van der Waals surface area contributed by atoms with Crippen LogP contribution in [0.1, 0.15) is 25.7 Å². The number of aromatic nitrogens is 1. The van der Waals surface area contributed by atoms with Gasteiger partial charge in [-0.2, -0.15) is 5.84 Å². The summed E-state index contributed by atoms with van der Waals surface area (Å²) in [5, 5.41) is 0. The van der Waals surface area contributed by atoms with Gasteiger partial charge in [-0.1, -0.05) is 0 Å². The van der Waals surface area contributed by atoms with Crippen molar-refractivity contribution in [3.63, 3.8) is 0 Å². The molecular weight excluding hydrogens is 174 g/mol. The standard InChI is InChI=1S/C11H18N3/c12-14(8-3-1-2-4-9-14)11-6-5-7-13-10-11/h5-7,10H,1-4,8-9,12H2/q+1.